The number of aryl methyl sites for hydroxylation is 1. The van der Waals surface area contributed by atoms with Gasteiger partial charge in [0, 0.05) is 33.1 Å². The lowest BCUT2D eigenvalue weighted by molar-refractivity contribution is -0.152. The predicted octanol–water partition coefficient (Wildman–Crippen LogP) is 0.340. The van der Waals surface area contributed by atoms with Crippen molar-refractivity contribution in [2.24, 2.45) is 5.92 Å². The molecule has 10 nitrogen and oxygen atoms in total. The number of amides is 2. The number of esters is 1. The molecule has 0 saturated carbocycles. The molecule has 1 aliphatic rings. The number of aromatic amines is 1. The molecule has 172 valence electrons. The van der Waals surface area contributed by atoms with Crippen molar-refractivity contribution in [3.8, 4) is 0 Å². The number of hydrogen-bond acceptors (Lipinski definition) is 6. The SMILES string of the molecule is CCOC(=O)C1CCCN(C(=O)CN(C)C(=O)CCn2c(=O)[nH]c(=O)c3ccccc32)C1. The minimum atomic E-state index is -0.585. The van der Waals surface area contributed by atoms with Crippen LogP contribution in [-0.4, -0.2) is 70.4 Å². The first-order valence-corrected chi connectivity index (χ1v) is 10.7. The summed E-state index contributed by atoms with van der Waals surface area (Å²) in [5.74, 6) is -1.18. The van der Waals surface area contributed by atoms with Gasteiger partial charge in [0.2, 0.25) is 11.8 Å². The summed E-state index contributed by atoms with van der Waals surface area (Å²) in [4.78, 5) is 66.6. The van der Waals surface area contributed by atoms with Gasteiger partial charge >= 0.3 is 11.7 Å². The standard InChI is InChI=1S/C22H28N4O6/c1-3-32-21(30)15-7-6-11-25(13-15)19(28)14-24(2)18(27)10-12-26-17-9-5-4-8-16(17)20(29)23-22(26)31/h4-5,8-9,15H,3,6-7,10-14H2,1-2H3,(H,23,29,31). The topological polar surface area (TPSA) is 122 Å². The fourth-order valence-electron chi connectivity index (χ4n) is 3.91. The van der Waals surface area contributed by atoms with Gasteiger partial charge in [0.05, 0.1) is 30.0 Å². The Balaban J connectivity index is 1.59. The lowest BCUT2D eigenvalue weighted by Crippen LogP contribution is -2.47. The van der Waals surface area contributed by atoms with E-state index in [-0.39, 0.29) is 43.2 Å². The van der Waals surface area contributed by atoms with Crippen LogP contribution >= 0.6 is 0 Å². The normalized spacial score (nSPS) is 16.1. The Morgan fingerprint density at radius 3 is 2.72 bits per heavy atom. The van der Waals surface area contributed by atoms with Gasteiger partial charge in [0.25, 0.3) is 5.56 Å². The number of nitrogens with one attached hydrogen (secondary N) is 1. The summed E-state index contributed by atoms with van der Waals surface area (Å²) in [5, 5.41) is 0.365. The van der Waals surface area contributed by atoms with Gasteiger partial charge in [-0.25, -0.2) is 4.79 Å². The molecule has 0 bridgehead atoms. The van der Waals surface area contributed by atoms with E-state index < -0.39 is 11.2 Å². The number of carbonyl (C=O) groups excluding carboxylic acids is 3. The Morgan fingerprint density at radius 2 is 1.97 bits per heavy atom. The van der Waals surface area contributed by atoms with E-state index in [1.54, 1.807) is 36.1 Å². The number of carbonyl (C=O) groups is 3. The van der Waals surface area contributed by atoms with Crippen molar-refractivity contribution in [2.75, 3.05) is 33.3 Å². The zero-order chi connectivity index (χ0) is 23.3. The summed E-state index contributed by atoms with van der Waals surface area (Å²) in [6.07, 6.45) is 1.37. The molecule has 1 unspecified atom stereocenters. The lowest BCUT2D eigenvalue weighted by Gasteiger charge is -2.32. The average Bonchev–Trinajstić information content (AvgIpc) is 2.79. The fourth-order valence-corrected chi connectivity index (χ4v) is 3.91. The summed E-state index contributed by atoms with van der Waals surface area (Å²) in [6, 6.07) is 6.68. The second-order valence-corrected chi connectivity index (χ2v) is 7.86. The second kappa shape index (κ2) is 10.3. The molecular weight excluding hydrogens is 416 g/mol. The number of piperidine rings is 1. The van der Waals surface area contributed by atoms with E-state index in [2.05, 4.69) is 4.98 Å². The Bertz CT molecular complexity index is 1120. The minimum absolute atomic E-state index is 0.00875. The molecule has 2 heterocycles. The van der Waals surface area contributed by atoms with Crippen LogP contribution in [0.15, 0.2) is 33.9 Å². The molecule has 1 aromatic carbocycles. The highest BCUT2D eigenvalue weighted by molar-refractivity contribution is 5.85. The summed E-state index contributed by atoms with van der Waals surface area (Å²) < 4.78 is 6.40. The number of nitrogens with zero attached hydrogens (tertiary/aromatic N) is 3. The van der Waals surface area contributed by atoms with Crippen LogP contribution in [0.5, 0.6) is 0 Å². The number of likely N-dealkylation sites (N-methyl/N-ethyl adjacent to an activating group) is 1. The number of fused-ring (bicyclic) bond motifs is 1. The van der Waals surface area contributed by atoms with Gasteiger partial charge < -0.3 is 14.5 Å². The highest BCUT2D eigenvalue weighted by Crippen LogP contribution is 2.18. The van der Waals surface area contributed by atoms with Crippen molar-refractivity contribution in [2.45, 2.75) is 32.7 Å². The van der Waals surface area contributed by atoms with E-state index in [1.165, 1.54) is 16.5 Å². The first kappa shape index (κ1) is 23.2. The first-order valence-electron chi connectivity index (χ1n) is 10.7. The molecular formula is C22H28N4O6. The molecule has 1 aromatic heterocycles. The quantitative estimate of drug-likeness (QED) is 0.615. The smallest absolute Gasteiger partial charge is 0.328 e. The number of aromatic nitrogens is 2. The third-order valence-electron chi connectivity index (χ3n) is 5.65. The molecule has 2 aromatic rings. The average molecular weight is 444 g/mol. The van der Waals surface area contributed by atoms with Crippen LogP contribution in [0.1, 0.15) is 26.2 Å². The Kier molecular flexibility index (Phi) is 7.45. The van der Waals surface area contributed by atoms with E-state index in [9.17, 15) is 24.0 Å². The van der Waals surface area contributed by atoms with Crippen molar-refractivity contribution < 1.29 is 19.1 Å². The Hall–Kier alpha value is -3.43. The number of likely N-dealkylation sites (tertiary alicyclic amines) is 1. The van der Waals surface area contributed by atoms with E-state index >= 15 is 0 Å². The molecule has 1 saturated heterocycles. The van der Waals surface area contributed by atoms with Gasteiger partial charge in [0.15, 0.2) is 0 Å². The van der Waals surface area contributed by atoms with Crippen LogP contribution in [0.25, 0.3) is 10.9 Å². The van der Waals surface area contributed by atoms with Crippen molar-refractivity contribution >= 4 is 28.7 Å². The van der Waals surface area contributed by atoms with Crippen molar-refractivity contribution in [1.82, 2.24) is 19.4 Å². The number of hydrogen-bond donors (Lipinski definition) is 1. The van der Waals surface area contributed by atoms with E-state index in [0.29, 0.717) is 43.4 Å². The molecule has 0 spiro atoms. The molecule has 3 rings (SSSR count). The summed E-state index contributed by atoms with van der Waals surface area (Å²) >= 11 is 0. The third kappa shape index (κ3) is 5.24. The van der Waals surface area contributed by atoms with Crippen molar-refractivity contribution in [3.63, 3.8) is 0 Å². The zero-order valence-corrected chi connectivity index (χ0v) is 18.3. The molecule has 10 heteroatoms. The second-order valence-electron chi connectivity index (χ2n) is 7.86. The number of H-pyrrole nitrogens is 1. The third-order valence-corrected chi connectivity index (χ3v) is 5.65. The van der Waals surface area contributed by atoms with Crippen molar-refractivity contribution in [1.29, 1.82) is 0 Å². The van der Waals surface area contributed by atoms with Gasteiger partial charge in [-0.3, -0.25) is 28.7 Å². The van der Waals surface area contributed by atoms with Crippen LogP contribution in [-0.2, 0) is 25.7 Å². The molecule has 1 atom stereocenters. The first-order chi connectivity index (χ1) is 15.3. The van der Waals surface area contributed by atoms with Crippen LogP contribution in [0, 0.1) is 5.92 Å². The molecule has 0 radical (unpaired) electrons. The molecule has 1 fully saturated rings. The number of para-hydroxylation sites is 1. The van der Waals surface area contributed by atoms with Crippen LogP contribution in [0.2, 0.25) is 0 Å². The maximum absolute atomic E-state index is 12.7. The summed E-state index contributed by atoms with van der Waals surface area (Å²) in [5.41, 5.74) is -0.608. The van der Waals surface area contributed by atoms with Crippen molar-refractivity contribution in [3.05, 3.63) is 45.1 Å². The predicted molar refractivity (Wildman–Crippen MR) is 117 cm³/mol. The summed E-state index contributed by atoms with van der Waals surface area (Å²) in [6.45, 7) is 2.83. The van der Waals surface area contributed by atoms with Gasteiger partial charge in [-0.15, -0.1) is 0 Å². The van der Waals surface area contributed by atoms with Gasteiger partial charge in [-0.05, 0) is 31.9 Å². The molecule has 0 aliphatic carbocycles. The molecule has 1 N–H and O–H groups in total. The number of rotatable bonds is 7. The highest BCUT2D eigenvalue weighted by Gasteiger charge is 2.30. The van der Waals surface area contributed by atoms with E-state index in [4.69, 9.17) is 4.74 Å². The van der Waals surface area contributed by atoms with E-state index in [1.807, 2.05) is 0 Å². The molecule has 1 aliphatic heterocycles. The zero-order valence-electron chi connectivity index (χ0n) is 18.3. The Morgan fingerprint density at radius 1 is 1.22 bits per heavy atom. The Labute approximate surface area is 184 Å². The largest absolute Gasteiger partial charge is 0.466 e. The lowest BCUT2D eigenvalue weighted by atomic mass is 9.98. The number of benzene rings is 1. The van der Waals surface area contributed by atoms with Crippen LogP contribution in [0.4, 0.5) is 0 Å². The maximum Gasteiger partial charge on any atom is 0.328 e. The molecule has 2 amide bonds. The van der Waals surface area contributed by atoms with Gasteiger partial charge in [-0.2, -0.15) is 0 Å². The van der Waals surface area contributed by atoms with Gasteiger partial charge in [0.1, 0.15) is 0 Å². The van der Waals surface area contributed by atoms with Crippen LogP contribution in [0.3, 0.4) is 0 Å². The maximum atomic E-state index is 12.7. The van der Waals surface area contributed by atoms with Gasteiger partial charge in [-0.1, -0.05) is 12.1 Å². The molecule has 32 heavy (non-hydrogen) atoms. The number of ether oxygens (including phenoxy) is 1. The van der Waals surface area contributed by atoms with Crippen LogP contribution < -0.4 is 11.2 Å². The highest BCUT2D eigenvalue weighted by atomic mass is 16.5. The summed E-state index contributed by atoms with van der Waals surface area (Å²) in [7, 11) is 1.53. The van der Waals surface area contributed by atoms with E-state index in [0.717, 1.165) is 0 Å². The monoisotopic (exact) mass is 444 g/mol. The minimum Gasteiger partial charge on any atom is -0.466 e. The fraction of sp³-hybridized carbons (Fsp3) is 0.500.